The quantitative estimate of drug-likeness (QED) is 0.548. The largest absolute Gasteiger partial charge is 0.444 e. The number of rotatable bonds is 7. The molecule has 2 aliphatic rings. The van der Waals surface area contributed by atoms with Gasteiger partial charge in [-0.1, -0.05) is 57.9 Å². The summed E-state index contributed by atoms with van der Waals surface area (Å²) in [5, 5.41) is 0.696. The van der Waals surface area contributed by atoms with Gasteiger partial charge in [-0.15, -0.1) is 0 Å². The Morgan fingerprint density at radius 1 is 1.10 bits per heavy atom. The summed E-state index contributed by atoms with van der Waals surface area (Å²) < 4.78 is 12.3. The Morgan fingerprint density at radius 3 is 2.57 bits per heavy atom. The Labute approximate surface area is 191 Å². The fourth-order valence-corrected chi connectivity index (χ4v) is 4.70. The third kappa shape index (κ3) is 5.35. The van der Waals surface area contributed by atoms with Crippen LogP contribution >= 0.6 is 27.5 Å². The molecule has 0 saturated carbocycles. The van der Waals surface area contributed by atoms with Crippen molar-refractivity contribution in [1.82, 2.24) is 9.80 Å². The molecule has 0 radical (unpaired) electrons. The first-order valence-corrected chi connectivity index (χ1v) is 11.5. The first-order valence-electron chi connectivity index (χ1n) is 10.4. The van der Waals surface area contributed by atoms with Crippen LogP contribution in [-0.4, -0.2) is 61.4 Å². The van der Waals surface area contributed by atoms with E-state index < -0.39 is 0 Å². The van der Waals surface area contributed by atoms with Crippen LogP contribution in [0.2, 0.25) is 5.02 Å². The van der Waals surface area contributed by atoms with Gasteiger partial charge in [0.05, 0.1) is 25.8 Å². The highest BCUT2D eigenvalue weighted by Gasteiger charge is 2.37. The summed E-state index contributed by atoms with van der Waals surface area (Å²) in [6.45, 7) is 4.90. The molecule has 2 saturated heterocycles. The fourth-order valence-electron chi connectivity index (χ4n) is 4.13. The topological polar surface area (TPSA) is 42.0 Å². The van der Waals surface area contributed by atoms with Crippen molar-refractivity contribution in [2.45, 2.75) is 25.0 Å². The standard InChI is InChI=1S/C23H26BrClN2O3/c24-21-4-2-1-3-18(21)15-20-16-27(23(28)30-20)22(17-5-7-19(25)8-6-17)9-10-26-11-13-29-14-12-26/h1-8,20,22H,9-16H2. The van der Waals surface area contributed by atoms with Crippen molar-refractivity contribution in [3.05, 3.63) is 69.2 Å². The molecule has 1 amide bonds. The maximum absolute atomic E-state index is 12.8. The highest BCUT2D eigenvalue weighted by atomic mass is 79.9. The molecule has 0 aliphatic carbocycles. The Bertz CT molecular complexity index is 858. The summed E-state index contributed by atoms with van der Waals surface area (Å²) in [7, 11) is 0. The average Bonchev–Trinajstić information content (AvgIpc) is 3.12. The van der Waals surface area contributed by atoms with Gasteiger partial charge in [0.1, 0.15) is 6.10 Å². The van der Waals surface area contributed by atoms with Gasteiger partial charge in [0.2, 0.25) is 0 Å². The first-order chi connectivity index (χ1) is 14.6. The van der Waals surface area contributed by atoms with Gasteiger partial charge in [-0.05, 0) is 35.7 Å². The second-order valence-corrected chi connectivity index (χ2v) is 9.05. The Morgan fingerprint density at radius 2 is 1.83 bits per heavy atom. The molecule has 0 N–H and O–H groups in total. The van der Waals surface area contributed by atoms with Crippen molar-refractivity contribution < 1.29 is 14.3 Å². The van der Waals surface area contributed by atoms with Crippen molar-refractivity contribution >= 4 is 33.6 Å². The van der Waals surface area contributed by atoms with Crippen molar-refractivity contribution in [2.24, 2.45) is 0 Å². The maximum atomic E-state index is 12.8. The average molecular weight is 494 g/mol. The van der Waals surface area contributed by atoms with Crippen LogP contribution in [0.5, 0.6) is 0 Å². The van der Waals surface area contributed by atoms with Gasteiger partial charge in [-0.25, -0.2) is 4.79 Å². The van der Waals surface area contributed by atoms with Gasteiger partial charge in [-0.2, -0.15) is 0 Å². The van der Waals surface area contributed by atoms with E-state index >= 15 is 0 Å². The molecular formula is C23H26BrClN2O3. The third-order valence-corrected chi connectivity index (χ3v) is 6.79. The molecule has 2 fully saturated rings. The van der Waals surface area contributed by atoms with E-state index in [1.165, 1.54) is 0 Å². The zero-order valence-corrected chi connectivity index (χ0v) is 19.1. The molecule has 2 aliphatic heterocycles. The van der Waals surface area contributed by atoms with Crippen molar-refractivity contribution in [1.29, 1.82) is 0 Å². The number of hydrogen-bond donors (Lipinski definition) is 0. The summed E-state index contributed by atoms with van der Waals surface area (Å²) in [5.41, 5.74) is 2.24. The minimum absolute atomic E-state index is 0.0400. The SMILES string of the molecule is O=C1OC(Cc2ccccc2Br)CN1C(CCN1CCOCC1)c1ccc(Cl)cc1. The third-order valence-electron chi connectivity index (χ3n) is 5.76. The number of amides is 1. The number of morpholine rings is 1. The summed E-state index contributed by atoms with van der Waals surface area (Å²) in [4.78, 5) is 17.1. The number of carbonyl (C=O) groups is 1. The van der Waals surface area contributed by atoms with Crippen molar-refractivity contribution in [2.75, 3.05) is 39.4 Å². The van der Waals surface area contributed by atoms with Crippen LogP contribution in [0.4, 0.5) is 4.79 Å². The van der Waals surface area contributed by atoms with Crippen LogP contribution < -0.4 is 0 Å². The lowest BCUT2D eigenvalue weighted by atomic mass is 10.0. The molecule has 2 unspecified atom stereocenters. The number of carbonyl (C=O) groups excluding carboxylic acids is 1. The Hall–Kier alpha value is -1.60. The summed E-state index contributed by atoms with van der Waals surface area (Å²) >= 11 is 9.69. The summed E-state index contributed by atoms with van der Waals surface area (Å²) in [6.07, 6.45) is 1.14. The Balaban J connectivity index is 1.48. The fraction of sp³-hybridized carbons (Fsp3) is 0.435. The van der Waals surface area contributed by atoms with Crippen LogP contribution in [0.15, 0.2) is 53.0 Å². The minimum atomic E-state index is -0.242. The van der Waals surface area contributed by atoms with Gasteiger partial charge in [0, 0.05) is 35.6 Å². The van der Waals surface area contributed by atoms with Crippen LogP contribution in [-0.2, 0) is 15.9 Å². The number of nitrogens with zero attached hydrogens (tertiary/aromatic N) is 2. The molecule has 0 spiro atoms. The van der Waals surface area contributed by atoms with Gasteiger partial charge >= 0.3 is 6.09 Å². The Kier molecular flexibility index (Phi) is 7.31. The van der Waals surface area contributed by atoms with E-state index in [0.29, 0.717) is 18.0 Å². The van der Waals surface area contributed by atoms with E-state index in [9.17, 15) is 4.79 Å². The number of halogens is 2. The molecule has 7 heteroatoms. The number of ether oxygens (including phenoxy) is 2. The molecule has 2 atom stereocenters. The van der Waals surface area contributed by atoms with Gasteiger partial charge in [0.15, 0.2) is 0 Å². The van der Waals surface area contributed by atoms with Crippen LogP contribution in [0, 0.1) is 0 Å². The van der Waals surface area contributed by atoms with E-state index in [0.717, 1.165) is 54.9 Å². The van der Waals surface area contributed by atoms with Crippen LogP contribution in [0.25, 0.3) is 0 Å². The molecule has 160 valence electrons. The predicted octanol–water partition coefficient (Wildman–Crippen LogP) is 4.93. The smallest absolute Gasteiger partial charge is 0.410 e. The maximum Gasteiger partial charge on any atom is 0.410 e. The van der Waals surface area contributed by atoms with Crippen LogP contribution in [0.1, 0.15) is 23.6 Å². The monoisotopic (exact) mass is 492 g/mol. The van der Waals surface area contributed by atoms with Crippen molar-refractivity contribution in [3.8, 4) is 0 Å². The number of hydrogen-bond acceptors (Lipinski definition) is 4. The van der Waals surface area contributed by atoms with E-state index in [1.807, 2.05) is 47.4 Å². The van der Waals surface area contributed by atoms with Gasteiger partial charge < -0.3 is 9.47 Å². The number of benzene rings is 2. The molecule has 0 aromatic heterocycles. The van der Waals surface area contributed by atoms with E-state index in [1.54, 1.807) is 0 Å². The zero-order valence-electron chi connectivity index (χ0n) is 16.8. The molecule has 5 nitrogen and oxygen atoms in total. The molecule has 4 rings (SSSR count). The first kappa shape index (κ1) is 21.6. The zero-order chi connectivity index (χ0) is 20.9. The highest BCUT2D eigenvalue weighted by Crippen LogP contribution is 2.32. The van der Waals surface area contributed by atoms with Crippen molar-refractivity contribution in [3.63, 3.8) is 0 Å². The molecule has 2 aromatic carbocycles. The lowest BCUT2D eigenvalue weighted by Gasteiger charge is -2.31. The normalized spacial score (nSPS) is 20.9. The molecule has 30 heavy (non-hydrogen) atoms. The van der Waals surface area contributed by atoms with Gasteiger partial charge in [0.25, 0.3) is 0 Å². The second kappa shape index (κ2) is 10.1. The molecule has 2 aromatic rings. The van der Waals surface area contributed by atoms with E-state index in [-0.39, 0.29) is 18.2 Å². The van der Waals surface area contributed by atoms with Crippen LogP contribution in [0.3, 0.4) is 0 Å². The van der Waals surface area contributed by atoms with E-state index in [2.05, 4.69) is 26.9 Å². The summed E-state index contributed by atoms with van der Waals surface area (Å²) in [6, 6.07) is 15.8. The summed E-state index contributed by atoms with van der Waals surface area (Å²) in [5.74, 6) is 0. The van der Waals surface area contributed by atoms with Gasteiger partial charge in [-0.3, -0.25) is 9.80 Å². The highest BCUT2D eigenvalue weighted by molar-refractivity contribution is 9.10. The lowest BCUT2D eigenvalue weighted by molar-refractivity contribution is 0.0341. The second-order valence-electron chi connectivity index (χ2n) is 7.76. The molecule has 0 bridgehead atoms. The molecular weight excluding hydrogens is 468 g/mol. The number of cyclic esters (lactones) is 1. The predicted molar refractivity (Wildman–Crippen MR) is 121 cm³/mol. The minimum Gasteiger partial charge on any atom is -0.444 e. The van der Waals surface area contributed by atoms with E-state index in [4.69, 9.17) is 21.1 Å². The molecule has 2 heterocycles. The lowest BCUT2D eigenvalue weighted by Crippen LogP contribution is -2.39.